The van der Waals surface area contributed by atoms with Crippen LogP contribution in [0.3, 0.4) is 0 Å². The van der Waals surface area contributed by atoms with Crippen LogP contribution in [-0.4, -0.2) is 99.4 Å². The summed E-state index contributed by atoms with van der Waals surface area (Å²) >= 11 is 0. The third-order valence-corrected chi connectivity index (χ3v) is 13.8. The number of carbonyl (C=O) groups is 3. The van der Waals surface area contributed by atoms with Crippen molar-refractivity contribution in [3.8, 4) is 0 Å². The molecule has 12 nitrogen and oxygen atoms in total. The van der Waals surface area contributed by atoms with Crippen molar-refractivity contribution in [1.82, 2.24) is 5.32 Å². The van der Waals surface area contributed by atoms with E-state index in [0.717, 1.165) is 38.5 Å². The van der Waals surface area contributed by atoms with E-state index >= 15 is 0 Å². The lowest BCUT2D eigenvalue weighted by Gasteiger charge is -2.55. The summed E-state index contributed by atoms with van der Waals surface area (Å²) in [6.07, 6.45) is 10.4. The highest BCUT2D eigenvalue weighted by molar-refractivity contribution is 5.84. The maximum absolute atomic E-state index is 14.5. The first-order chi connectivity index (χ1) is 25.9. The Bertz CT molecular complexity index is 1360. The Kier molecular flexibility index (Phi) is 14.7. The molecule has 5 aliphatic rings. The number of aliphatic hydroxyl groups is 1. The Balaban J connectivity index is 1.36. The first-order valence-corrected chi connectivity index (χ1v) is 21.4. The molecule has 55 heavy (non-hydrogen) atoms. The maximum Gasteiger partial charge on any atom is 0.305 e. The Morgan fingerprint density at radius 1 is 0.909 bits per heavy atom. The summed E-state index contributed by atoms with van der Waals surface area (Å²) in [6.45, 7) is 16.9. The number of ketones is 1. The maximum atomic E-state index is 14.5. The zero-order valence-corrected chi connectivity index (χ0v) is 34.7. The molecule has 0 radical (unpaired) electrons. The molecule has 0 aromatic carbocycles. The van der Waals surface area contributed by atoms with E-state index < -0.39 is 59.3 Å². The zero-order valence-electron chi connectivity index (χ0n) is 34.7. The molecule has 0 saturated carbocycles. The van der Waals surface area contributed by atoms with Gasteiger partial charge in [-0.3, -0.25) is 14.4 Å². The summed E-state index contributed by atoms with van der Waals surface area (Å²) in [4.78, 5) is 37.1. The normalized spacial score (nSPS) is 41.5. The van der Waals surface area contributed by atoms with E-state index in [2.05, 4.69) is 46.0 Å². The highest BCUT2D eigenvalue weighted by atomic mass is 16.8. The van der Waals surface area contributed by atoms with Crippen LogP contribution in [0.25, 0.3) is 0 Å². The average Bonchev–Trinajstić information content (AvgIpc) is 3.47. The molecule has 0 amide bonds. The summed E-state index contributed by atoms with van der Waals surface area (Å²) in [5, 5.41) is 33.8. The van der Waals surface area contributed by atoms with Crippen molar-refractivity contribution >= 4 is 17.7 Å². The number of hydrogen-bond donors (Lipinski definition) is 4. The van der Waals surface area contributed by atoms with E-state index in [-0.39, 0.29) is 66.7 Å². The van der Waals surface area contributed by atoms with Gasteiger partial charge in [-0.25, -0.2) is 0 Å². The monoisotopic (exact) mass is 778 g/mol. The van der Waals surface area contributed by atoms with Crippen molar-refractivity contribution in [3.63, 3.8) is 0 Å². The fraction of sp³-hybridized carbons (Fsp3) is 0.884. The minimum atomic E-state index is -1.15. The highest BCUT2D eigenvalue weighted by Gasteiger charge is 2.62. The Hall–Kier alpha value is -1.93. The lowest BCUT2D eigenvalue weighted by Crippen LogP contribution is -2.65. The van der Waals surface area contributed by atoms with E-state index in [1.54, 1.807) is 6.92 Å². The van der Waals surface area contributed by atoms with Crippen LogP contribution in [0.1, 0.15) is 139 Å². The predicted molar refractivity (Wildman–Crippen MR) is 206 cm³/mol. The molecule has 16 atom stereocenters. The van der Waals surface area contributed by atoms with Crippen LogP contribution in [0.15, 0.2) is 12.2 Å². The third-order valence-electron chi connectivity index (χ3n) is 13.8. The van der Waals surface area contributed by atoms with Crippen molar-refractivity contribution in [1.29, 1.82) is 0 Å². The van der Waals surface area contributed by atoms with Crippen molar-refractivity contribution in [2.45, 2.75) is 199 Å². The van der Waals surface area contributed by atoms with Crippen LogP contribution in [-0.2, 0) is 38.1 Å². The Morgan fingerprint density at radius 2 is 1.65 bits per heavy atom. The van der Waals surface area contributed by atoms with Gasteiger partial charge in [0.25, 0.3) is 0 Å². The number of carboxylic acid groups (broad SMARTS) is 2. The van der Waals surface area contributed by atoms with E-state index in [0.29, 0.717) is 38.6 Å². The molecule has 314 valence electrons. The number of carbonyl (C=O) groups excluding carboxylic acids is 1. The van der Waals surface area contributed by atoms with Crippen molar-refractivity contribution < 1.29 is 53.4 Å². The van der Waals surface area contributed by atoms with Gasteiger partial charge in [-0.1, -0.05) is 47.6 Å². The molecule has 4 saturated heterocycles. The molecule has 1 unspecified atom stereocenters. The van der Waals surface area contributed by atoms with Gasteiger partial charge >= 0.3 is 11.9 Å². The molecule has 0 aromatic rings. The molecular weight excluding hydrogens is 706 g/mol. The molecule has 5 aliphatic heterocycles. The summed E-state index contributed by atoms with van der Waals surface area (Å²) in [6, 6.07) is -0.306. The van der Waals surface area contributed by atoms with Crippen LogP contribution in [0.5, 0.6) is 0 Å². The lowest BCUT2D eigenvalue weighted by atomic mass is 9.72. The second-order valence-corrected chi connectivity index (χ2v) is 18.2. The van der Waals surface area contributed by atoms with Gasteiger partial charge in [0.1, 0.15) is 5.78 Å². The van der Waals surface area contributed by atoms with Gasteiger partial charge in [0.05, 0.1) is 54.7 Å². The van der Waals surface area contributed by atoms with Crippen LogP contribution in [0.2, 0.25) is 0 Å². The van der Waals surface area contributed by atoms with Crippen molar-refractivity contribution in [2.24, 2.45) is 35.5 Å². The fourth-order valence-electron chi connectivity index (χ4n) is 10.4. The van der Waals surface area contributed by atoms with Crippen molar-refractivity contribution in [3.05, 3.63) is 12.2 Å². The van der Waals surface area contributed by atoms with Crippen LogP contribution >= 0.6 is 0 Å². The van der Waals surface area contributed by atoms with E-state index in [4.69, 9.17) is 28.8 Å². The Morgan fingerprint density at radius 3 is 2.33 bits per heavy atom. The quantitative estimate of drug-likeness (QED) is 0.0974. The second kappa shape index (κ2) is 18.3. The summed E-state index contributed by atoms with van der Waals surface area (Å²) < 4.78 is 34.3. The first kappa shape index (κ1) is 44.2. The average molecular weight is 778 g/mol. The smallest absolute Gasteiger partial charge is 0.305 e. The zero-order chi connectivity index (χ0) is 40.3. The highest BCUT2D eigenvalue weighted by Crippen LogP contribution is 2.53. The minimum Gasteiger partial charge on any atom is -0.481 e. The SMILES string of the molecule is CCC(C(=O)[C@@H](C)[C@@H](O)[C@H](C)[C@@H]1O[C@@H](CC(=O)O)CC[C@@H]1C)[C@H]1O[C@]2(C=C[C@@H](NCCCCC(=O)O)[C@]3(CC[C@@](C)([C@H]4CCC[C@H](C)O4)O3)O2)[C@H](C)C[C@@H]1C. The number of rotatable bonds is 16. The number of carboxylic acids is 2. The summed E-state index contributed by atoms with van der Waals surface area (Å²) in [7, 11) is 0. The van der Waals surface area contributed by atoms with Gasteiger partial charge in [0.2, 0.25) is 0 Å². The molecule has 0 aliphatic carbocycles. The number of aliphatic carboxylic acids is 2. The van der Waals surface area contributed by atoms with E-state index in [9.17, 15) is 24.6 Å². The van der Waals surface area contributed by atoms with Gasteiger partial charge in [-0.15, -0.1) is 0 Å². The van der Waals surface area contributed by atoms with Crippen LogP contribution in [0, 0.1) is 35.5 Å². The predicted octanol–water partition coefficient (Wildman–Crippen LogP) is 6.65. The minimum absolute atomic E-state index is 0.0414. The van der Waals surface area contributed by atoms with E-state index in [1.165, 1.54) is 0 Å². The molecule has 0 bridgehead atoms. The molecular formula is C43H71NO11. The summed E-state index contributed by atoms with van der Waals surface area (Å²) in [5.74, 6) is -5.43. The fourth-order valence-corrected chi connectivity index (χ4v) is 10.4. The standard InChI is InChI=1S/C43H71NO11/c1-9-32(38(50)29(6)37(49)30(7)39-25(2)16-17-31(52-39)24-36(47)48)40-26(3)23-27(4)42(53-40)19-18-33(44-22-11-10-15-35(45)46)43(55-42)21-20-41(8,54-43)34-14-12-13-28(5)51-34/h18-19,25-34,37,39-40,44,49H,9-17,20-24H2,1-8H3,(H,45,46)(H,47,48)/t25-,26-,27+,28-,29-,30-,31+,32?,33+,34+,37+,39+,40-,41-,42-,43-/m0/s1. The van der Waals surface area contributed by atoms with Gasteiger partial charge in [-0.05, 0) is 103 Å². The number of hydrogen-bond acceptors (Lipinski definition) is 10. The lowest BCUT2D eigenvalue weighted by molar-refractivity contribution is -0.397. The Labute approximate surface area is 328 Å². The number of Topliss-reactive ketones (excluding diaryl/α,β-unsaturated/α-hetero) is 1. The van der Waals surface area contributed by atoms with Gasteiger partial charge in [0.15, 0.2) is 11.6 Å². The van der Waals surface area contributed by atoms with Gasteiger partial charge < -0.3 is 44.3 Å². The number of unbranched alkanes of at least 4 members (excludes halogenated alkanes) is 1. The third kappa shape index (κ3) is 9.86. The topological polar surface area (TPSA) is 170 Å². The molecule has 4 N–H and O–H groups in total. The van der Waals surface area contributed by atoms with E-state index in [1.807, 2.05) is 19.9 Å². The second-order valence-electron chi connectivity index (χ2n) is 18.2. The number of aliphatic hydroxyl groups excluding tert-OH is 1. The number of nitrogens with one attached hydrogen (secondary N) is 1. The molecule has 2 spiro atoms. The molecule has 5 heterocycles. The van der Waals surface area contributed by atoms with Crippen molar-refractivity contribution in [2.75, 3.05) is 6.54 Å². The van der Waals surface area contributed by atoms with Gasteiger partial charge in [-0.2, -0.15) is 0 Å². The molecule has 4 fully saturated rings. The van der Waals surface area contributed by atoms with Crippen LogP contribution in [0.4, 0.5) is 0 Å². The molecule has 5 rings (SSSR count). The van der Waals surface area contributed by atoms with Crippen LogP contribution < -0.4 is 5.32 Å². The number of ether oxygens (including phenoxy) is 5. The van der Waals surface area contributed by atoms with Gasteiger partial charge in [0, 0.05) is 36.5 Å². The summed E-state index contributed by atoms with van der Waals surface area (Å²) in [5.41, 5.74) is -0.577. The molecule has 12 heteroatoms. The largest absolute Gasteiger partial charge is 0.481 e. The molecule has 0 aromatic heterocycles. The first-order valence-electron chi connectivity index (χ1n) is 21.4.